The van der Waals surface area contributed by atoms with Crippen LogP contribution in [0.2, 0.25) is 0 Å². The molecule has 0 fully saturated rings. The predicted octanol–water partition coefficient (Wildman–Crippen LogP) is 0.527. The maximum absolute atomic E-state index is 11.7. The van der Waals surface area contributed by atoms with Crippen LogP contribution in [0.15, 0.2) is 24.5 Å². The highest BCUT2D eigenvalue weighted by molar-refractivity contribution is 7.89. The molecule has 1 rings (SSSR count). The fourth-order valence-electron chi connectivity index (χ4n) is 1.33. The minimum absolute atomic E-state index is 0.0713. The molecule has 0 bridgehead atoms. The van der Waals surface area contributed by atoms with Crippen LogP contribution in [0.4, 0.5) is 0 Å². The molecule has 3 N–H and O–H groups in total. The summed E-state index contributed by atoms with van der Waals surface area (Å²) in [5.41, 5.74) is 6.76. The van der Waals surface area contributed by atoms with Crippen molar-refractivity contribution in [1.82, 2.24) is 9.71 Å². The molecule has 0 aliphatic heterocycles. The van der Waals surface area contributed by atoms with Crippen molar-refractivity contribution in [2.45, 2.75) is 26.3 Å². The molecule has 1 heterocycles. The predicted molar refractivity (Wildman–Crippen MR) is 72.5 cm³/mol. The van der Waals surface area contributed by atoms with Gasteiger partial charge in [-0.15, -0.1) is 0 Å². The van der Waals surface area contributed by atoms with Crippen molar-refractivity contribution in [3.05, 3.63) is 30.1 Å². The minimum atomic E-state index is -3.26. The summed E-state index contributed by atoms with van der Waals surface area (Å²) < 4.78 is 26.0. The van der Waals surface area contributed by atoms with Crippen LogP contribution in [-0.2, 0) is 16.4 Å². The molecular weight excluding hydrogens is 250 g/mol. The number of nitrogens with two attached hydrogens (primary N) is 1. The number of hydrogen-bond donors (Lipinski definition) is 2. The zero-order valence-corrected chi connectivity index (χ0v) is 11.7. The molecule has 0 radical (unpaired) electrons. The van der Waals surface area contributed by atoms with E-state index < -0.39 is 10.0 Å². The van der Waals surface area contributed by atoms with Crippen LogP contribution >= 0.6 is 0 Å². The molecule has 6 heteroatoms. The van der Waals surface area contributed by atoms with Gasteiger partial charge in [0.05, 0.1) is 5.75 Å². The third kappa shape index (κ3) is 5.57. The molecule has 0 amide bonds. The van der Waals surface area contributed by atoms with Crippen molar-refractivity contribution in [3.63, 3.8) is 0 Å². The molecule has 0 aliphatic rings. The quantitative estimate of drug-likeness (QED) is 0.757. The number of rotatable bonds is 7. The number of sulfonamides is 1. The third-order valence-electron chi connectivity index (χ3n) is 2.80. The van der Waals surface area contributed by atoms with E-state index in [0.29, 0.717) is 6.42 Å². The Labute approximate surface area is 109 Å². The van der Waals surface area contributed by atoms with Gasteiger partial charge in [-0.1, -0.05) is 13.8 Å². The number of aryl methyl sites for hydroxylation is 1. The number of nitrogens with zero attached hydrogens (tertiary/aromatic N) is 1. The van der Waals surface area contributed by atoms with Crippen LogP contribution in [-0.4, -0.2) is 31.7 Å². The van der Waals surface area contributed by atoms with Gasteiger partial charge in [-0.3, -0.25) is 4.98 Å². The lowest BCUT2D eigenvalue weighted by atomic mass is 10.1. The Morgan fingerprint density at radius 3 is 2.50 bits per heavy atom. The first-order valence-corrected chi connectivity index (χ1v) is 7.68. The molecule has 18 heavy (non-hydrogen) atoms. The maximum atomic E-state index is 11.7. The summed E-state index contributed by atoms with van der Waals surface area (Å²) >= 11 is 0. The summed E-state index contributed by atoms with van der Waals surface area (Å²) in [6, 6.07) is 3.48. The molecule has 0 saturated carbocycles. The average Bonchev–Trinajstić information content (AvgIpc) is 2.35. The van der Waals surface area contributed by atoms with Gasteiger partial charge in [0, 0.05) is 25.0 Å². The monoisotopic (exact) mass is 271 g/mol. The number of hydrogen-bond acceptors (Lipinski definition) is 4. The second kappa shape index (κ2) is 6.82. The summed E-state index contributed by atoms with van der Waals surface area (Å²) in [5.74, 6) is 0.329. The minimum Gasteiger partial charge on any atom is -0.326 e. The summed E-state index contributed by atoms with van der Waals surface area (Å²) in [6.45, 7) is 4.22. The summed E-state index contributed by atoms with van der Waals surface area (Å²) in [7, 11) is -3.26. The second-order valence-corrected chi connectivity index (χ2v) is 6.61. The van der Waals surface area contributed by atoms with Crippen LogP contribution in [0.25, 0.3) is 0 Å². The van der Waals surface area contributed by atoms with Gasteiger partial charge in [0.2, 0.25) is 10.0 Å². The highest BCUT2D eigenvalue weighted by Crippen LogP contribution is 2.01. The normalized spacial score (nSPS) is 13.8. The van der Waals surface area contributed by atoms with Crippen LogP contribution < -0.4 is 10.5 Å². The third-order valence-corrected chi connectivity index (χ3v) is 4.15. The van der Waals surface area contributed by atoms with Crippen molar-refractivity contribution >= 4 is 10.0 Å². The largest absolute Gasteiger partial charge is 0.326 e. The molecule has 1 aromatic rings. The standard InChI is InChI=1S/C12H21N3O2S/c1-10(2)12(13)9-15-18(16,17)8-5-11-3-6-14-7-4-11/h3-4,6-7,10,12,15H,5,8-9,13H2,1-2H3. The van der Waals surface area contributed by atoms with E-state index >= 15 is 0 Å². The molecule has 1 unspecified atom stereocenters. The topological polar surface area (TPSA) is 85.1 Å². The van der Waals surface area contributed by atoms with E-state index in [-0.39, 0.29) is 24.3 Å². The van der Waals surface area contributed by atoms with Crippen molar-refractivity contribution in [3.8, 4) is 0 Å². The van der Waals surface area contributed by atoms with Crippen LogP contribution in [0, 0.1) is 5.92 Å². The SMILES string of the molecule is CC(C)C(N)CNS(=O)(=O)CCc1ccncc1. The Morgan fingerprint density at radius 1 is 1.33 bits per heavy atom. The number of nitrogens with one attached hydrogen (secondary N) is 1. The molecule has 0 aliphatic carbocycles. The van der Waals surface area contributed by atoms with Gasteiger partial charge in [-0.05, 0) is 30.0 Å². The summed E-state index contributed by atoms with van der Waals surface area (Å²) in [4.78, 5) is 3.89. The van der Waals surface area contributed by atoms with E-state index in [1.165, 1.54) is 0 Å². The van der Waals surface area contributed by atoms with Gasteiger partial charge in [0.25, 0.3) is 0 Å². The Bertz CT molecular complexity index is 446. The van der Waals surface area contributed by atoms with Crippen molar-refractivity contribution in [2.24, 2.45) is 11.7 Å². The molecule has 0 saturated heterocycles. The number of pyridine rings is 1. The Balaban J connectivity index is 2.41. The van der Waals surface area contributed by atoms with E-state index in [2.05, 4.69) is 9.71 Å². The zero-order chi connectivity index (χ0) is 13.6. The summed E-state index contributed by atoms with van der Waals surface area (Å²) in [6.07, 6.45) is 3.79. The highest BCUT2D eigenvalue weighted by Gasteiger charge is 2.14. The lowest BCUT2D eigenvalue weighted by Gasteiger charge is -2.16. The highest BCUT2D eigenvalue weighted by atomic mass is 32.2. The molecule has 1 aromatic heterocycles. The molecular formula is C12H21N3O2S. The van der Waals surface area contributed by atoms with E-state index in [1.807, 2.05) is 26.0 Å². The first-order valence-electron chi connectivity index (χ1n) is 6.02. The molecule has 0 aromatic carbocycles. The lowest BCUT2D eigenvalue weighted by molar-refractivity contribution is 0.481. The second-order valence-electron chi connectivity index (χ2n) is 4.68. The van der Waals surface area contributed by atoms with Crippen molar-refractivity contribution in [1.29, 1.82) is 0 Å². The van der Waals surface area contributed by atoms with Gasteiger partial charge in [0.15, 0.2) is 0 Å². The maximum Gasteiger partial charge on any atom is 0.211 e. The molecule has 102 valence electrons. The van der Waals surface area contributed by atoms with Crippen LogP contribution in [0.1, 0.15) is 19.4 Å². The Kier molecular flexibility index (Phi) is 5.71. The molecule has 0 spiro atoms. The van der Waals surface area contributed by atoms with E-state index in [1.54, 1.807) is 12.4 Å². The van der Waals surface area contributed by atoms with E-state index in [0.717, 1.165) is 5.56 Å². The first-order chi connectivity index (χ1) is 8.41. The van der Waals surface area contributed by atoms with Crippen LogP contribution in [0.3, 0.4) is 0 Å². The first kappa shape index (κ1) is 15.1. The van der Waals surface area contributed by atoms with E-state index in [4.69, 9.17) is 5.73 Å². The van der Waals surface area contributed by atoms with Gasteiger partial charge in [0.1, 0.15) is 0 Å². The lowest BCUT2D eigenvalue weighted by Crippen LogP contribution is -2.41. The molecule has 5 nitrogen and oxygen atoms in total. The fraction of sp³-hybridized carbons (Fsp3) is 0.583. The van der Waals surface area contributed by atoms with Crippen molar-refractivity contribution in [2.75, 3.05) is 12.3 Å². The van der Waals surface area contributed by atoms with Gasteiger partial charge < -0.3 is 5.73 Å². The Hall–Kier alpha value is -0.980. The van der Waals surface area contributed by atoms with Gasteiger partial charge in [-0.2, -0.15) is 0 Å². The summed E-state index contributed by atoms with van der Waals surface area (Å²) in [5, 5.41) is 0. The smallest absolute Gasteiger partial charge is 0.211 e. The van der Waals surface area contributed by atoms with Gasteiger partial charge >= 0.3 is 0 Å². The van der Waals surface area contributed by atoms with Crippen LogP contribution in [0.5, 0.6) is 0 Å². The fourth-order valence-corrected chi connectivity index (χ4v) is 2.43. The molecule has 1 atom stereocenters. The number of aromatic nitrogens is 1. The Morgan fingerprint density at radius 2 is 1.94 bits per heavy atom. The van der Waals surface area contributed by atoms with Crippen molar-refractivity contribution < 1.29 is 8.42 Å². The zero-order valence-electron chi connectivity index (χ0n) is 10.8. The average molecular weight is 271 g/mol. The van der Waals surface area contributed by atoms with Gasteiger partial charge in [-0.25, -0.2) is 13.1 Å². The van der Waals surface area contributed by atoms with E-state index in [9.17, 15) is 8.42 Å².